The van der Waals surface area contributed by atoms with Crippen molar-refractivity contribution >= 4 is 11.6 Å². The summed E-state index contributed by atoms with van der Waals surface area (Å²) in [5.41, 5.74) is 1.49. The van der Waals surface area contributed by atoms with E-state index in [1.165, 1.54) is 35.3 Å². The number of carbonyl (C=O) groups excluding carboxylic acids is 1. The second kappa shape index (κ2) is 6.07. The molecule has 0 amide bonds. The van der Waals surface area contributed by atoms with E-state index < -0.39 is 5.97 Å². The number of benzene rings is 1. The molecule has 0 saturated heterocycles. The predicted octanol–water partition coefficient (Wildman–Crippen LogP) is -1.23. The third-order valence-electron chi connectivity index (χ3n) is 3.71. The molecule has 23 heavy (non-hydrogen) atoms. The van der Waals surface area contributed by atoms with Gasteiger partial charge in [-0.05, 0) is 36.5 Å². The van der Waals surface area contributed by atoms with Gasteiger partial charge in [-0.2, -0.15) is 5.10 Å². The van der Waals surface area contributed by atoms with Gasteiger partial charge in [-0.15, -0.1) is 0 Å². The monoisotopic (exact) mass is 301 g/mol. The third-order valence-corrected chi connectivity index (χ3v) is 3.71. The molecule has 3 aromatic rings. The van der Waals surface area contributed by atoms with Crippen molar-refractivity contribution < 1.29 is 33.5 Å². The molecule has 4 rings (SSSR count). The molecule has 6 nitrogen and oxygen atoms in total. The first-order valence-corrected chi connectivity index (χ1v) is 7.04. The summed E-state index contributed by atoms with van der Waals surface area (Å²) in [6, 6.07) is 9.30. The molecular weight excluding hydrogens is 289 g/mol. The van der Waals surface area contributed by atoms with Crippen LogP contribution in [0.5, 0.6) is 11.5 Å². The zero-order valence-electron chi connectivity index (χ0n) is 12.6. The Hall–Kier alpha value is -2.29. The summed E-state index contributed by atoms with van der Waals surface area (Å²) in [6.07, 6.45) is 5.24. The van der Waals surface area contributed by atoms with Gasteiger partial charge < -0.3 is 14.6 Å². The first kappa shape index (κ1) is 15.6. The van der Waals surface area contributed by atoms with Crippen molar-refractivity contribution in [2.24, 2.45) is 0 Å². The van der Waals surface area contributed by atoms with Gasteiger partial charge in [-0.1, -0.05) is 12.1 Å². The smallest absolute Gasteiger partial charge is 0.543 e. The first-order chi connectivity index (χ1) is 10.7. The molecule has 0 atom stereocenters. The number of carboxylic acid groups (broad SMARTS) is 1. The molecule has 1 aliphatic carbocycles. The molecule has 2 aromatic heterocycles. The van der Waals surface area contributed by atoms with Crippen molar-refractivity contribution in [1.82, 2.24) is 14.6 Å². The van der Waals surface area contributed by atoms with Crippen molar-refractivity contribution in [1.29, 1.82) is 0 Å². The van der Waals surface area contributed by atoms with Crippen molar-refractivity contribution in [2.75, 3.05) is 0 Å². The van der Waals surface area contributed by atoms with E-state index in [4.69, 9.17) is 4.74 Å². The fraction of sp³-hybridized carbons (Fsp3) is 0.188. The molecule has 2 heterocycles. The maximum absolute atomic E-state index is 11.4. The van der Waals surface area contributed by atoms with Crippen molar-refractivity contribution in [2.45, 2.75) is 18.8 Å². The Balaban J connectivity index is 0.00000156. The Labute approximate surface area is 144 Å². The molecular formula is C16H12LiN3O3. The van der Waals surface area contributed by atoms with Crippen LogP contribution in [0.15, 0.2) is 42.7 Å². The summed E-state index contributed by atoms with van der Waals surface area (Å²) in [4.78, 5) is 15.6. The largest absolute Gasteiger partial charge is 1.00 e. The van der Waals surface area contributed by atoms with E-state index in [0.29, 0.717) is 17.3 Å². The molecule has 1 aliphatic rings. The summed E-state index contributed by atoms with van der Waals surface area (Å²) in [5.74, 6) is -0.0651. The molecule has 1 fully saturated rings. The van der Waals surface area contributed by atoms with Gasteiger partial charge in [0.05, 0.1) is 18.4 Å². The fourth-order valence-electron chi connectivity index (χ4n) is 2.49. The summed E-state index contributed by atoms with van der Waals surface area (Å²) in [5, 5.41) is 15.4. The van der Waals surface area contributed by atoms with Crippen LogP contribution < -0.4 is 28.7 Å². The number of nitrogens with zero attached hydrogens (tertiary/aromatic N) is 3. The Bertz CT molecular complexity index is 874. The SMILES string of the molecule is O=C([O-])c1c(Oc2cccc(C3CC3)c2)cnc2ccnn12.[Li+]. The Morgan fingerprint density at radius 1 is 1.30 bits per heavy atom. The van der Waals surface area contributed by atoms with Gasteiger partial charge in [0, 0.05) is 6.07 Å². The minimum atomic E-state index is -1.36. The number of rotatable bonds is 4. The second-order valence-electron chi connectivity index (χ2n) is 5.31. The van der Waals surface area contributed by atoms with E-state index in [2.05, 4.69) is 16.1 Å². The van der Waals surface area contributed by atoms with Crippen LogP contribution in [0.1, 0.15) is 34.8 Å². The van der Waals surface area contributed by atoms with Gasteiger partial charge in [-0.3, -0.25) is 0 Å². The number of hydrogen-bond donors (Lipinski definition) is 0. The van der Waals surface area contributed by atoms with Gasteiger partial charge in [-0.25, -0.2) is 9.50 Å². The molecule has 0 radical (unpaired) electrons. The summed E-state index contributed by atoms with van der Waals surface area (Å²) in [6.45, 7) is 0. The molecule has 0 aliphatic heterocycles. The molecule has 1 saturated carbocycles. The maximum atomic E-state index is 11.4. The number of aromatic nitrogens is 3. The molecule has 110 valence electrons. The van der Waals surface area contributed by atoms with E-state index in [0.717, 1.165) is 0 Å². The number of carboxylic acids is 1. The van der Waals surface area contributed by atoms with E-state index in [-0.39, 0.29) is 30.3 Å². The second-order valence-corrected chi connectivity index (χ2v) is 5.31. The standard InChI is InChI=1S/C16H13N3O3.Li/c20-16(21)15-13(9-17-14-6-7-18-19(14)15)22-12-3-1-2-11(8-12)10-4-5-10;/h1-3,6-10H,4-5H2,(H,20,21);/q;+1/p-1. The van der Waals surface area contributed by atoms with E-state index in [1.54, 1.807) is 12.1 Å². The first-order valence-electron chi connectivity index (χ1n) is 7.04. The zero-order valence-corrected chi connectivity index (χ0v) is 12.6. The van der Waals surface area contributed by atoms with Gasteiger partial charge >= 0.3 is 18.9 Å². The Kier molecular flexibility index (Phi) is 4.12. The third kappa shape index (κ3) is 2.96. The average Bonchev–Trinajstić information content (AvgIpc) is 3.25. The Morgan fingerprint density at radius 2 is 2.13 bits per heavy atom. The zero-order chi connectivity index (χ0) is 15.1. The van der Waals surface area contributed by atoms with Gasteiger partial charge in [0.1, 0.15) is 11.4 Å². The van der Waals surface area contributed by atoms with Crippen LogP contribution in [0.2, 0.25) is 0 Å². The number of ether oxygens (including phenoxy) is 1. The summed E-state index contributed by atoms with van der Waals surface area (Å²) < 4.78 is 6.93. The number of carbonyl (C=O) groups is 1. The van der Waals surface area contributed by atoms with Crippen molar-refractivity contribution in [3.8, 4) is 11.5 Å². The van der Waals surface area contributed by atoms with Gasteiger partial charge in [0.2, 0.25) is 0 Å². The van der Waals surface area contributed by atoms with Crippen LogP contribution in [0.4, 0.5) is 0 Å². The molecule has 0 unspecified atom stereocenters. The molecule has 0 bridgehead atoms. The molecule has 0 N–H and O–H groups in total. The number of aromatic carboxylic acids is 1. The van der Waals surface area contributed by atoms with Crippen molar-refractivity contribution in [3.05, 3.63) is 54.0 Å². The van der Waals surface area contributed by atoms with Gasteiger partial charge in [0.25, 0.3) is 0 Å². The van der Waals surface area contributed by atoms with Crippen LogP contribution in [-0.4, -0.2) is 20.6 Å². The fourth-order valence-corrected chi connectivity index (χ4v) is 2.49. The van der Waals surface area contributed by atoms with E-state index in [9.17, 15) is 9.90 Å². The minimum absolute atomic E-state index is 0. The summed E-state index contributed by atoms with van der Waals surface area (Å²) >= 11 is 0. The Morgan fingerprint density at radius 3 is 2.87 bits per heavy atom. The topological polar surface area (TPSA) is 79.5 Å². The van der Waals surface area contributed by atoms with Crippen LogP contribution in [0, 0.1) is 0 Å². The molecule has 0 spiro atoms. The van der Waals surface area contributed by atoms with Crippen molar-refractivity contribution in [3.63, 3.8) is 0 Å². The summed E-state index contributed by atoms with van der Waals surface area (Å²) in [7, 11) is 0. The van der Waals surface area contributed by atoms with E-state index >= 15 is 0 Å². The molecule has 7 heteroatoms. The maximum Gasteiger partial charge on any atom is 1.00 e. The van der Waals surface area contributed by atoms with E-state index in [1.807, 2.05) is 12.1 Å². The normalized spacial score (nSPS) is 13.6. The minimum Gasteiger partial charge on any atom is -0.543 e. The quantitative estimate of drug-likeness (QED) is 0.564. The average molecular weight is 301 g/mol. The van der Waals surface area contributed by atoms with Crippen LogP contribution >= 0.6 is 0 Å². The number of fused-ring (bicyclic) bond motifs is 1. The predicted molar refractivity (Wildman–Crippen MR) is 75.8 cm³/mol. The number of hydrogen-bond acceptors (Lipinski definition) is 5. The molecule has 1 aromatic carbocycles. The van der Waals surface area contributed by atoms with Gasteiger partial charge in [0.15, 0.2) is 11.4 Å². The van der Waals surface area contributed by atoms with Crippen LogP contribution in [-0.2, 0) is 0 Å². The van der Waals surface area contributed by atoms with Crippen LogP contribution in [0.25, 0.3) is 5.65 Å². The van der Waals surface area contributed by atoms with Crippen LogP contribution in [0.3, 0.4) is 0 Å².